The third-order valence-electron chi connectivity index (χ3n) is 8.03. The number of amides is 4. The van der Waals surface area contributed by atoms with E-state index in [1.165, 1.54) is 11.3 Å². The lowest BCUT2D eigenvalue weighted by molar-refractivity contribution is -0.125. The molecule has 1 saturated heterocycles. The number of carbonyl (C=O) groups excluding carboxylic acids is 3. The number of aromatic nitrogens is 1. The first-order valence-corrected chi connectivity index (χ1v) is 15.3. The van der Waals surface area contributed by atoms with Crippen molar-refractivity contribution in [2.24, 2.45) is 5.92 Å². The number of thiophene rings is 1. The van der Waals surface area contributed by atoms with Gasteiger partial charge in [0.15, 0.2) is 0 Å². The van der Waals surface area contributed by atoms with Gasteiger partial charge in [-0.25, -0.2) is 9.78 Å². The molecule has 2 fully saturated rings. The lowest BCUT2D eigenvalue weighted by Crippen LogP contribution is -2.39. The quantitative estimate of drug-likeness (QED) is 0.189. The van der Waals surface area contributed by atoms with Gasteiger partial charge in [-0.2, -0.15) is 5.26 Å². The Kier molecular flexibility index (Phi) is 6.98. The van der Waals surface area contributed by atoms with Gasteiger partial charge in [-0.15, -0.1) is 11.3 Å². The lowest BCUT2D eigenvalue weighted by Gasteiger charge is -2.29. The minimum atomic E-state index is -0.388. The minimum absolute atomic E-state index is 0.174. The number of urea groups is 1. The van der Waals surface area contributed by atoms with Gasteiger partial charge in [0.05, 0.1) is 22.4 Å². The maximum atomic E-state index is 13.6. The molecular weight excluding hydrogens is 576 g/mol. The summed E-state index contributed by atoms with van der Waals surface area (Å²) in [6, 6.07) is 18.2. The third-order valence-corrected chi connectivity index (χ3v) is 9.12. The molecule has 1 atom stereocenters. The number of aryl methyl sites for hydroxylation is 1. The largest absolute Gasteiger partial charge is 0.457 e. The van der Waals surface area contributed by atoms with Gasteiger partial charge in [-0.05, 0) is 74.1 Å². The van der Waals surface area contributed by atoms with Crippen LogP contribution < -0.4 is 20.3 Å². The molecule has 2 aromatic carbocycles. The van der Waals surface area contributed by atoms with Crippen molar-refractivity contribution in [1.82, 2.24) is 15.2 Å². The van der Waals surface area contributed by atoms with Gasteiger partial charge in [0.1, 0.15) is 32.8 Å². The highest BCUT2D eigenvalue weighted by atomic mass is 32.1. The number of ether oxygens (including phenoxy) is 1. The van der Waals surface area contributed by atoms with Crippen LogP contribution in [-0.4, -0.2) is 46.9 Å². The van der Waals surface area contributed by atoms with Crippen molar-refractivity contribution in [1.29, 1.82) is 5.26 Å². The molecule has 3 aliphatic rings. The number of carbonyl (C=O) groups is 3. The van der Waals surface area contributed by atoms with Crippen molar-refractivity contribution >= 4 is 56.5 Å². The summed E-state index contributed by atoms with van der Waals surface area (Å²) in [6.07, 6.45) is 5.99. The van der Waals surface area contributed by atoms with Gasteiger partial charge in [-0.3, -0.25) is 14.5 Å². The Morgan fingerprint density at radius 3 is 2.68 bits per heavy atom. The molecule has 4 heterocycles. The fourth-order valence-electron chi connectivity index (χ4n) is 5.69. The van der Waals surface area contributed by atoms with Gasteiger partial charge in [0.2, 0.25) is 0 Å². The van der Waals surface area contributed by atoms with Crippen LogP contribution in [0, 0.1) is 24.2 Å². The number of para-hydroxylation sites is 1. The number of benzene rings is 2. The molecule has 2 aromatic heterocycles. The Labute approximate surface area is 257 Å². The Bertz CT molecular complexity index is 1890. The van der Waals surface area contributed by atoms with Crippen LogP contribution in [0.2, 0.25) is 0 Å². The number of rotatable bonds is 7. The molecule has 1 saturated carbocycles. The van der Waals surface area contributed by atoms with Crippen LogP contribution in [0.1, 0.15) is 34.5 Å². The van der Waals surface area contributed by atoms with Crippen LogP contribution in [-0.2, 0) is 4.79 Å². The van der Waals surface area contributed by atoms with E-state index in [0.717, 1.165) is 18.4 Å². The first kappa shape index (κ1) is 27.6. The van der Waals surface area contributed by atoms with Crippen LogP contribution in [0.25, 0.3) is 10.2 Å². The molecule has 2 aliphatic heterocycles. The predicted octanol–water partition coefficient (Wildman–Crippen LogP) is 6.27. The molecule has 0 bridgehead atoms. The Morgan fingerprint density at radius 2 is 1.93 bits per heavy atom. The van der Waals surface area contributed by atoms with Crippen molar-refractivity contribution in [3.63, 3.8) is 0 Å². The van der Waals surface area contributed by atoms with Gasteiger partial charge >= 0.3 is 6.03 Å². The molecule has 1 aliphatic carbocycles. The van der Waals surface area contributed by atoms with Gasteiger partial charge < -0.3 is 20.3 Å². The van der Waals surface area contributed by atoms with Crippen molar-refractivity contribution in [3.8, 4) is 17.6 Å². The zero-order valence-corrected chi connectivity index (χ0v) is 24.7. The second kappa shape index (κ2) is 11.1. The van der Waals surface area contributed by atoms with Crippen molar-refractivity contribution in [2.45, 2.75) is 32.2 Å². The van der Waals surface area contributed by atoms with E-state index in [9.17, 15) is 19.6 Å². The second-order valence-electron chi connectivity index (χ2n) is 11.2. The van der Waals surface area contributed by atoms with Gasteiger partial charge in [0, 0.05) is 25.3 Å². The smallest absolute Gasteiger partial charge is 0.331 e. The Morgan fingerprint density at radius 1 is 1.11 bits per heavy atom. The number of nitriles is 1. The number of hydrogen-bond donors (Lipinski definition) is 2. The molecule has 11 heteroatoms. The average Bonchev–Trinajstić information content (AvgIpc) is 3.60. The summed E-state index contributed by atoms with van der Waals surface area (Å²) in [4.78, 5) is 48.7. The van der Waals surface area contributed by atoms with E-state index in [4.69, 9.17) is 4.74 Å². The Hall–Kier alpha value is -5.21. The lowest BCUT2D eigenvalue weighted by atomic mass is 10.1. The standard InChI is InChI=1S/C33H28N6O4S/c1-19-15-24(43-23-5-3-2-4-6-23)9-10-25(19)39-26-11-13-35-31-27(26)28(37-33(39)42)29(44-31)30(40)36-22-12-14-38(18-22)32(41)21(17-34)16-20-7-8-20/h2-6,9-11,13,15-16,20,22H,7-8,12,14,18H2,1H3,(H,36,40)(H,37,42)/b21-16+. The number of allylic oxidation sites excluding steroid dienone is 1. The molecule has 4 aromatic rings. The van der Waals surface area contributed by atoms with Crippen LogP contribution in [0.3, 0.4) is 0 Å². The predicted molar refractivity (Wildman–Crippen MR) is 167 cm³/mol. The maximum absolute atomic E-state index is 13.6. The summed E-state index contributed by atoms with van der Waals surface area (Å²) < 4.78 is 5.97. The van der Waals surface area contributed by atoms with E-state index < -0.39 is 0 Å². The summed E-state index contributed by atoms with van der Waals surface area (Å²) in [6.45, 7) is 2.69. The third kappa shape index (κ3) is 5.14. The number of hydrogen-bond acceptors (Lipinski definition) is 7. The molecular formula is C33H28N6O4S. The Balaban J connectivity index is 1.12. The molecule has 7 rings (SSSR count). The average molecular weight is 605 g/mol. The summed E-state index contributed by atoms with van der Waals surface area (Å²) in [5, 5.41) is 16.1. The van der Waals surface area contributed by atoms with E-state index in [0.29, 0.717) is 69.1 Å². The molecule has 10 nitrogen and oxygen atoms in total. The van der Waals surface area contributed by atoms with Gasteiger partial charge in [-0.1, -0.05) is 24.3 Å². The maximum Gasteiger partial charge on any atom is 0.331 e. The topological polar surface area (TPSA) is 128 Å². The highest BCUT2D eigenvalue weighted by molar-refractivity contribution is 7.21. The summed E-state index contributed by atoms with van der Waals surface area (Å²) in [5.74, 6) is 1.06. The molecule has 220 valence electrons. The zero-order chi connectivity index (χ0) is 30.4. The number of nitrogens with one attached hydrogen (secondary N) is 2. The van der Waals surface area contributed by atoms with Crippen molar-refractivity contribution in [2.75, 3.05) is 23.3 Å². The summed E-state index contributed by atoms with van der Waals surface area (Å²) in [7, 11) is 0. The van der Waals surface area contributed by atoms with Gasteiger partial charge in [0.25, 0.3) is 11.8 Å². The minimum Gasteiger partial charge on any atom is -0.457 e. The first-order chi connectivity index (χ1) is 21.4. The van der Waals surface area contributed by atoms with E-state index in [1.807, 2.05) is 61.5 Å². The van der Waals surface area contributed by atoms with Crippen LogP contribution in [0.15, 0.2) is 72.4 Å². The van der Waals surface area contributed by atoms with E-state index in [-0.39, 0.29) is 29.5 Å². The van der Waals surface area contributed by atoms with Crippen LogP contribution >= 0.6 is 11.3 Å². The summed E-state index contributed by atoms with van der Waals surface area (Å²) in [5.41, 5.74) is 2.75. The monoisotopic (exact) mass is 604 g/mol. The number of nitrogens with zero attached hydrogens (tertiary/aromatic N) is 4. The van der Waals surface area contributed by atoms with E-state index in [2.05, 4.69) is 15.6 Å². The number of likely N-dealkylation sites (tertiary alicyclic amines) is 1. The van der Waals surface area contributed by atoms with Crippen molar-refractivity contribution < 1.29 is 19.1 Å². The molecule has 1 unspecified atom stereocenters. The highest BCUT2D eigenvalue weighted by Gasteiger charge is 2.35. The fourth-order valence-corrected chi connectivity index (χ4v) is 6.71. The molecule has 44 heavy (non-hydrogen) atoms. The highest BCUT2D eigenvalue weighted by Crippen LogP contribution is 2.46. The van der Waals surface area contributed by atoms with E-state index in [1.54, 1.807) is 28.1 Å². The van der Waals surface area contributed by atoms with Crippen LogP contribution in [0.4, 0.5) is 21.9 Å². The molecule has 4 amide bonds. The molecule has 0 spiro atoms. The number of pyridine rings is 1. The normalized spacial score (nSPS) is 17.8. The molecule has 0 radical (unpaired) electrons. The van der Waals surface area contributed by atoms with Crippen LogP contribution in [0.5, 0.6) is 11.5 Å². The second-order valence-corrected chi connectivity index (χ2v) is 12.2. The van der Waals surface area contributed by atoms with E-state index >= 15 is 0 Å². The van der Waals surface area contributed by atoms with Crippen molar-refractivity contribution in [3.05, 3.63) is 82.9 Å². The first-order valence-electron chi connectivity index (χ1n) is 14.5. The molecule has 2 N–H and O–H groups in total. The zero-order valence-electron chi connectivity index (χ0n) is 23.9. The number of anilines is 3. The fraction of sp³-hybridized carbons (Fsp3) is 0.242. The SMILES string of the molecule is Cc1cc(Oc2ccccc2)ccc1N1C(=O)Nc2c(C(=O)NC3CCN(C(=O)/C(C#N)=C/C4CC4)C3)sc3nccc1c23. The summed E-state index contributed by atoms with van der Waals surface area (Å²) >= 11 is 1.21.